The summed E-state index contributed by atoms with van der Waals surface area (Å²) < 4.78 is 35.4. The molecule has 2 saturated heterocycles. The van der Waals surface area contributed by atoms with Crippen molar-refractivity contribution in [1.82, 2.24) is 0 Å². The third-order valence-corrected chi connectivity index (χ3v) is 5.84. The molecule has 0 saturated carbocycles. The summed E-state index contributed by atoms with van der Waals surface area (Å²) in [6, 6.07) is 0. The third kappa shape index (κ3) is 4.08. The van der Waals surface area contributed by atoms with Crippen LogP contribution in [-0.4, -0.2) is 50.0 Å². The average molecular weight is 336 g/mol. The summed E-state index contributed by atoms with van der Waals surface area (Å²) >= 11 is -2.80. The average Bonchev–Trinajstić information content (AvgIpc) is 2.63. The second kappa shape index (κ2) is 4.88. The van der Waals surface area contributed by atoms with Crippen molar-refractivity contribution >= 4 is 13.5 Å². The van der Waals surface area contributed by atoms with Crippen LogP contribution in [0.3, 0.4) is 0 Å². The molecule has 0 amide bonds. The van der Waals surface area contributed by atoms with E-state index in [0.29, 0.717) is 11.8 Å². The molecule has 0 bridgehead atoms. The van der Waals surface area contributed by atoms with E-state index in [1.165, 1.54) is 0 Å². The van der Waals surface area contributed by atoms with Crippen molar-refractivity contribution in [3.05, 3.63) is 0 Å². The summed E-state index contributed by atoms with van der Waals surface area (Å²) in [4.78, 5) is 0. The molecule has 0 unspecified atom stereocenters. The fourth-order valence-corrected chi connectivity index (χ4v) is 5.04. The number of hydrogen-bond acceptors (Lipinski definition) is 5. The number of rotatable bonds is 3. The molecule has 0 aromatic carbocycles. The van der Waals surface area contributed by atoms with Crippen LogP contribution in [-0.2, 0) is 22.7 Å². The van der Waals surface area contributed by atoms with Crippen molar-refractivity contribution in [3.63, 3.8) is 0 Å². The van der Waals surface area contributed by atoms with Gasteiger partial charge in [-0.3, -0.25) is 0 Å². The quantitative estimate of drug-likeness (QED) is 0.740. The van der Waals surface area contributed by atoms with Gasteiger partial charge in [0, 0.05) is 0 Å². The normalized spacial score (nSPS) is 37.7. The van der Waals surface area contributed by atoms with Crippen LogP contribution in [0.25, 0.3) is 0 Å². The summed E-state index contributed by atoms with van der Waals surface area (Å²) in [5.41, 5.74) is 3.67. The Morgan fingerprint density at radius 3 is 2.16 bits per heavy atom. The minimum absolute atomic E-state index is 0.163. The summed E-state index contributed by atoms with van der Waals surface area (Å²) in [6.07, 6.45) is -0.562. The summed E-state index contributed by atoms with van der Waals surface area (Å²) in [7, 11) is 0. The van der Waals surface area contributed by atoms with Crippen LogP contribution in [0, 0.1) is 0 Å². The summed E-state index contributed by atoms with van der Waals surface area (Å²) in [5.74, 6) is -1.24. The van der Waals surface area contributed by atoms with Gasteiger partial charge in [0.05, 0.1) is 0 Å². The molecule has 2 fully saturated rings. The van der Waals surface area contributed by atoms with Gasteiger partial charge in [0.2, 0.25) is 0 Å². The van der Waals surface area contributed by atoms with Gasteiger partial charge in [0.1, 0.15) is 0 Å². The maximum absolute atomic E-state index is 12.1. The molecule has 0 radical (unpaired) electrons. The van der Waals surface area contributed by atoms with E-state index in [9.17, 15) is 3.74 Å². The zero-order chi connectivity index (χ0) is 14.5. The van der Waals surface area contributed by atoms with Crippen LogP contribution in [0.15, 0.2) is 0 Å². The van der Waals surface area contributed by atoms with E-state index in [4.69, 9.17) is 18.9 Å². The Morgan fingerprint density at radius 1 is 1.05 bits per heavy atom. The first-order chi connectivity index (χ1) is 8.48. The maximum atomic E-state index is 12.1. The van der Waals surface area contributed by atoms with Gasteiger partial charge in [0.25, 0.3) is 0 Å². The SMILES string of the molecule is CC1(C)OC[C@@H]([C@@H]2OC(C)(C)O[C@@H]2C[As](C)(C)=O)O1. The van der Waals surface area contributed by atoms with Crippen molar-refractivity contribution < 1.29 is 22.7 Å². The van der Waals surface area contributed by atoms with Crippen LogP contribution < -0.4 is 0 Å². The van der Waals surface area contributed by atoms with Gasteiger partial charge in [0.15, 0.2) is 0 Å². The van der Waals surface area contributed by atoms with Gasteiger partial charge in [-0.25, -0.2) is 0 Å². The Balaban J connectivity index is 2.10. The van der Waals surface area contributed by atoms with E-state index in [0.717, 1.165) is 0 Å². The topological polar surface area (TPSA) is 54.0 Å². The summed E-state index contributed by atoms with van der Waals surface area (Å²) in [6.45, 7) is 8.01. The van der Waals surface area contributed by atoms with Crippen molar-refractivity contribution in [2.24, 2.45) is 0 Å². The number of hydrogen-bond donors (Lipinski definition) is 0. The molecule has 0 spiro atoms. The van der Waals surface area contributed by atoms with Crippen LogP contribution in [0.5, 0.6) is 0 Å². The molecule has 2 aliphatic heterocycles. The molecule has 6 heteroatoms. The Hall–Kier alpha value is 0.198. The van der Waals surface area contributed by atoms with E-state index in [1.54, 1.807) is 0 Å². The van der Waals surface area contributed by atoms with Crippen LogP contribution >= 0.6 is 0 Å². The minimum atomic E-state index is -2.80. The first kappa shape index (κ1) is 15.6. The molecule has 0 aromatic rings. The molecule has 112 valence electrons. The summed E-state index contributed by atoms with van der Waals surface area (Å²) in [5, 5.41) is 0.562. The molecule has 0 aromatic heterocycles. The van der Waals surface area contributed by atoms with Crippen molar-refractivity contribution in [3.8, 4) is 0 Å². The van der Waals surface area contributed by atoms with Gasteiger partial charge >= 0.3 is 117 Å². The van der Waals surface area contributed by atoms with Crippen LogP contribution in [0.2, 0.25) is 16.6 Å². The van der Waals surface area contributed by atoms with E-state index in [-0.39, 0.29) is 18.3 Å². The predicted molar refractivity (Wildman–Crippen MR) is 71.7 cm³/mol. The molecular formula is C13H25AsO5. The molecule has 3 atom stereocenters. The Kier molecular flexibility index (Phi) is 4.01. The second-order valence-corrected chi connectivity index (χ2v) is 14.1. The molecular weight excluding hydrogens is 311 g/mol. The fourth-order valence-electron chi connectivity index (χ4n) is 2.63. The molecule has 5 nitrogen and oxygen atoms in total. The predicted octanol–water partition coefficient (Wildman–Crippen LogP) is 2.29. The molecule has 2 rings (SSSR count). The fraction of sp³-hybridized carbons (Fsp3) is 1.00. The van der Waals surface area contributed by atoms with Gasteiger partial charge < -0.3 is 0 Å². The monoisotopic (exact) mass is 336 g/mol. The van der Waals surface area contributed by atoms with Gasteiger partial charge in [-0.05, 0) is 0 Å². The van der Waals surface area contributed by atoms with Gasteiger partial charge in [-0.15, -0.1) is 0 Å². The van der Waals surface area contributed by atoms with E-state index >= 15 is 0 Å². The first-order valence-electron chi connectivity index (χ1n) is 6.69. The van der Waals surface area contributed by atoms with Crippen molar-refractivity contribution in [2.45, 2.75) is 74.2 Å². The van der Waals surface area contributed by atoms with Crippen LogP contribution in [0.1, 0.15) is 27.7 Å². The molecule has 19 heavy (non-hydrogen) atoms. The Morgan fingerprint density at radius 2 is 1.68 bits per heavy atom. The third-order valence-electron chi connectivity index (χ3n) is 3.24. The Labute approximate surface area is 117 Å². The molecule has 0 N–H and O–H groups in total. The van der Waals surface area contributed by atoms with E-state index in [1.807, 2.05) is 39.1 Å². The first-order valence-corrected chi connectivity index (χ1v) is 12.5. The van der Waals surface area contributed by atoms with Crippen LogP contribution in [0.4, 0.5) is 0 Å². The van der Waals surface area contributed by atoms with Gasteiger partial charge in [-0.2, -0.15) is 0 Å². The van der Waals surface area contributed by atoms with Crippen molar-refractivity contribution in [1.29, 1.82) is 0 Å². The zero-order valence-electron chi connectivity index (χ0n) is 12.6. The van der Waals surface area contributed by atoms with E-state index < -0.39 is 25.1 Å². The van der Waals surface area contributed by atoms with E-state index in [2.05, 4.69) is 0 Å². The molecule has 0 aliphatic carbocycles. The Bertz CT molecular complexity index is 386. The van der Waals surface area contributed by atoms with Gasteiger partial charge in [-0.1, -0.05) is 0 Å². The molecule has 2 heterocycles. The second-order valence-electron chi connectivity index (χ2n) is 6.76. The zero-order valence-corrected chi connectivity index (χ0v) is 14.5. The molecule has 2 aliphatic rings. The standard InChI is InChI=1S/C13H25AsO5/c1-12(2)16-8-10(18-12)11-9(7-14(5,6)15)17-13(3,4)19-11/h9-11H,7-8H2,1-6H3/t9-,10+,11-/m1/s1. The number of ether oxygens (including phenoxy) is 4. The van der Waals surface area contributed by atoms with Crippen molar-refractivity contribution in [2.75, 3.05) is 6.61 Å².